The smallest absolute Gasteiger partial charge is 0.0747 e. The summed E-state index contributed by atoms with van der Waals surface area (Å²) in [5.74, 6) is 2.92. The van der Waals surface area contributed by atoms with Gasteiger partial charge in [-0.25, -0.2) is 0 Å². The SMILES string of the molecule is CC1=CC(C2CC(C(C)C(C)C)C([Si](C)(C)C)=CN2C)=C(C)C(C)C1. The summed E-state index contributed by atoms with van der Waals surface area (Å²) >= 11 is 0. The van der Waals surface area contributed by atoms with Gasteiger partial charge in [0.1, 0.15) is 0 Å². The molecule has 2 aliphatic rings. The maximum Gasteiger partial charge on any atom is 0.0747 e. The van der Waals surface area contributed by atoms with Gasteiger partial charge >= 0.3 is 0 Å². The zero-order valence-corrected chi connectivity index (χ0v) is 19.4. The van der Waals surface area contributed by atoms with Crippen LogP contribution in [0.25, 0.3) is 0 Å². The van der Waals surface area contributed by atoms with E-state index in [1.165, 1.54) is 12.8 Å². The molecule has 25 heavy (non-hydrogen) atoms. The van der Waals surface area contributed by atoms with E-state index in [1.807, 2.05) is 0 Å². The fraction of sp³-hybridized carbons (Fsp3) is 0.739. The van der Waals surface area contributed by atoms with Gasteiger partial charge in [0.2, 0.25) is 0 Å². The Balaban J connectivity index is 2.47. The minimum absolute atomic E-state index is 0.545. The van der Waals surface area contributed by atoms with Crippen molar-refractivity contribution in [3.05, 3.63) is 34.2 Å². The molecule has 1 aliphatic carbocycles. The second-order valence-electron chi connectivity index (χ2n) is 10.2. The lowest BCUT2D eigenvalue weighted by molar-refractivity contribution is 0.221. The molecular weight excluding hydrogens is 318 g/mol. The predicted molar refractivity (Wildman–Crippen MR) is 115 cm³/mol. The Kier molecular flexibility index (Phi) is 6.13. The van der Waals surface area contributed by atoms with Crippen LogP contribution in [0, 0.1) is 23.7 Å². The second-order valence-corrected chi connectivity index (χ2v) is 15.3. The Morgan fingerprint density at radius 1 is 1.12 bits per heavy atom. The van der Waals surface area contributed by atoms with Crippen LogP contribution in [0.1, 0.15) is 54.4 Å². The van der Waals surface area contributed by atoms with Gasteiger partial charge < -0.3 is 4.90 Å². The second kappa shape index (κ2) is 7.46. The highest BCUT2D eigenvalue weighted by Gasteiger charge is 2.39. The van der Waals surface area contributed by atoms with Gasteiger partial charge in [-0.3, -0.25) is 0 Å². The molecule has 0 saturated carbocycles. The van der Waals surface area contributed by atoms with Gasteiger partial charge in [-0.05, 0) is 62.1 Å². The van der Waals surface area contributed by atoms with E-state index in [2.05, 4.69) is 85.4 Å². The van der Waals surface area contributed by atoms with E-state index in [0.717, 1.165) is 17.8 Å². The van der Waals surface area contributed by atoms with E-state index in [9.17, 15) is 0 Å². The number of likely N-dealkylation sites (N-methyl/N-ethyl adjacent to an activating group) is 1. The molecule has 142 valence electrons. The average Bonchev–Trinajstić information content (AvgIpc) is 2.49. The van der Waals surface area contributed by atoms with Gasteiger partial charge in [0.15, 0.2) is 0 Å². The molecule has 2 heteroatoms. The summed E-state index contributed by atoms with van der Waals surface area (Å²) in [4.78, 5) is 2.54. The number of hydrogen-bond donors (Lipinski definition) is 0. The lowest BCUT2D eigenvalue weighted by atomic mass is 9.75. The molecule has 0 bridgehead atoms. The molecule has 0 saturated heterocycles. The van der Waals surface area contributed by atoms with E-state index in [0.29, 0.717) is 12.0 Å². The van der Waals surface area contributed by atoms with E-state index in [1.54, 1.807) is 21.9 Å². The molecule has 0 spiro atoms. The molecule has 1 nitrogen and oxygen atoms in total. The van der Waals surface area contributed by atoms with Crippen LogP contribution < -0.4 is 0 Å². The minimum atomic E-state index is -1.31. The maximum atomic E-state index is 2.55. The Morgan fingerprint density at radius 2 is 1.72 bits per heavy atom. The Labute approximate surface area is 158 Å². The molecule has 1 heterocycles. The lowest BCUT2D eigenvalue weighted by Crippen LogP contribution is -2.45. The zero-order chi connectivity index (χ0) is 19.1. The number of rotatable bonds is 4. The monoisotopic (exact) mass is 359 g/mol. The summed E-state index contributed by atoms with van der Waals surface area (Å²) in [5.41, 5.74) is 4.77. The van der Waals surface area contributed by atoms with Crippen molar-refractivity contribution in [3.8, 4) is 0 Å². The van der Waals surface area contributed by atoms with Crippen LogP contribution in [0.4, 0.5) is 0 Å². The summed E-state index contributed by atoms with van der Waals surface area (Å²) in [6.45, 7) is 21.9. The fourth-order valence-corrected chi connectivity index (χ4v) is 6.80. The highest BCUT2D eigenvalue weighted by Crippen LogP contribution is 2.43. The fourth-order valence-electron chi connectivity index (χ4n) is 4.72. The average molecular weight is 360 g/mol. The van der Waals surface area contributed by atoms with E-state index < -0.39 is 8.07 Å². The molecule has 1 aliphatic heterocycles. The molecule has 4 atom stereocenters. The van der Waals surface area contributed by atoms with Crippen molar-refractivity contribution < 1.29 is 0 Å². The van der Waals surface area contributed by atoms with Crippen molar-refractivity contribution in [1.29, 1.82) is 0 Å². The highest BCUT2D eigenvalue weighted by atomic mass is 28.3. The Bertz CT molecular complexity index is 588. The molecule has 0 amide bonds. The first-order chi connectivity index (χ1) is 11.4. The predicted octanol–water partition coefficient (Wildman–Crippen LogP) is 6.66. The van der Waals surface area contributed by atoms with Crippen molar-refractivity contribution in [1.82, 2.24) is 4.90 Å². The molecule has 0 radical (unpaired) electrons. The van der Waals surface area contributed by atoms with Gasteiger partial charge in [-0.15, -0.1) is 0 Å². The topological polar surface area (TPSA) is 3.24 Å². The van der Waals surface area contributed by atoms with Crippen LogP contribution in [0.3, 0.4) is 0 Å². The quantitative estimate of drug-likeness (QED) is 0.507. The molecule has 0 aromatic rings. The number of nitrogens with zero attached hydrogens (tertiary/aromatic N) is 1. The van der Waals surface area contributed by atoms with Crippen molar-refractivity contribution in [2.24, 2.45) is 23.7 Å². The minimum Gasteiger partial charge on any atom is -0.374 e. The number of allylic oxidation sites excluding steroid dienone is 3. The van der Waals surface area contributed by atoms with Crippen molar-refractivity contribution >= 4 is 8.07 Å². The maximum absolute atomic E-state index is 2.55. The van der Waals surface area contributed by atoms with Crippen molar-refractivity contribution in [2.45, 2.75) is 80.1 Å². The third-order valence-electron chi connectivity index (χ3n) is 6.85. The van der Waals surface area contributed by atoms with Gasteiger partial charge in [0.05, 0.1) is 14.1 Å². The Morgan fingerprint density at radius 3 is 2.24 bits per heavy atom. The van der Waals surface area contributed by atoms with E-state index >= 15 is 0 Å². The first kappa shape index (κ1) is 20.5. The molecule has 2 rings (SSSR count). The third-order valence-corrected chi connectivity index (χ3v) is 9.08. The van der Waals surface area contributed by atoms with Gasteiger partial charge in [-0.2, -0.15) is 0 Å². The first-order valence-corrected chi connectivity index (χ1v) is 13.8. The van der Waals surface area contributed by atoms with Gasteiger partial charge in [-0.1, -0.05) is 69.8 Å². The van der Waals surface area contributed by atoms with Crippen molar-refractivity contribution in [3.63, 3.8) is 0 Å². The van der Waals surface area contributed by atoms with Gasteiger partial charge in [0.25, 0.3) is 0 Å². The molecule has 0 fully saturated rings. The summed E-state index contributed by atoms with van der Waals surface area (Å²) in [5, 5.41) is 1.77. The molecule has 0 aromatic heterocycles. The van der Waals surface area contributed by atoms with Crippen LogP contribution in [0.2, 0.25) is 19.6 Å². The lowest BCUT2D eigenvalue weighted by Gasteiger charge is -2.46. The van der Waals surface area contributed by atoms with Crippen LogP contribution in [-0.2, 0) is 0 Å². The summed E-state index contributed by atoms with van der Waals surface area (Å²) < 4.78 is 0. The third kappa shape index (κ3) is 4.32. The normalized spacial score (nSPS) is 29.7. The molecule has 0 aromatic carbocycles. The summed E-state index contributed by atoms with van der Waals surface area (Å²) in [6.07, 6.45) is 7.57. The van der Waals surface area contributed by atoms with Gasteiger partial charge in [0, 0.05) is 7.05 Å². The summed E-state index contributed by atoms with van der Waals surface area (Å²) in [6, 6.07) is 0.545. The summed E-state index contributed by atoms with van der Waals surface area (Å²) in [7, 11) is 1.00. The van der Waals surface area contributed by atoms with Crippen LogP contribution in [-0.4, -0.2) is 26.1 Å². The molecule has 4 unspecified atom stereocenters. The van der Waals surface area contributed by atoms with Crippen LogP contribution in [0.15, 0.2) is 34.2 Å². The van der Waals surface area contributed by atoms with E-state index in [4.69, 9.17) is 0 Å². The Hall–Kier alpha value is -0.763. The van der Waals surface area contributed by atoms with E-state index in [-0.39, 0.29) is 0 Å². The van der Waals surface area contributed by atoms with Crippen LogP contribution in [0.5, 0.6) is 0 Å². The molecule has 0 N–H and O–H groups in total. The zero-order valence-electron chi connectivity index (χ0n) is 18.4. The largest absolute Gasteiger partial charge is 0.374 e. The first-order valence-electron chi connectivity index (χ1n) is 10.3. The molecular formula is C23H41NSi. The van der Waals surface area contributed by atoms with Crippen LogP contribution >= 0.6 is 0 Å². The highest BCUT2D eigenvalue weighted by molar-refractivity contribution is 6.83. The number of hydrogen-bond acceptors (Lipinski definition) is 1. The standard InChI is InChI=1S/C23H41NSi/c1-15(2)18(5)21-13-22(24(7)14-23(21)25(8,9)10)20-12-16(3)11-17(4)19(20)6/h12,14-15,17-18,21-22H,11,13H2,1-10H3. The van der Waals surface area contributed by atoms with Crippen molar-refractivity contribution in [2.75, 3.05) is 7.05 Å².